The average molecular weight is 194 g/mol. The molecule has 0 fully saturated rings. The first-order chi connectivity index (χ1) is 6.59. The van der Waals surface area contributed by atoms with Crippen LogP contribution in [-0.4, -0.2) is 11.1 Å². The number of aryl methyl sites for hydroxylation is 2. The van der Waals surface area contributed by atoms with Gasteiger partial charge in [-0.3, -0.25) is 4.79 Å². The van der Waals surface area contributed by atoms with Crippen LogP contribution in [0.3, 0.4) is 0 Å². The summed E-state index contributed by atoms with van der Waals surface area (Å²) in [7, 11) is 0. The molecule has 0 bridgehead atoms. The Morgan fingerprint density at radius 1 is 1.64 bits per heavy atom. The molecule has 1 aromatic rings. The van der Waals surface area contributed by atoms with E-state index in [4.69, 9.17) is 9.52 Å². The van der Waals surface area contributed by atoms with Crippen molar-refractivity contribution in [3.8, 4) is 0 Å². The van der Waals surface area contributed by atoms with Crippen LogP contribution < -0.4 is 0 Å². The highest BCUT2D eigenvalue weighted by molar-refractivity contribution is 5.77. The molecule has 2 rings (SSSR count). The molecule has 2 unspecified atom stereocenters. The lowest BCUT2D eigenvalue weighted by Crippen LogP contribution is -2.24. The van der Waals surface area contributed by atoms with Crippen LogP contribution >= 0.6 is 0 Å². The highest BCUT2D eigenvalue weighted by atomic mass is 16.4. The normalized spacial score (nSPS) is 25.9. The molecule has 14 heavy (non-hydrogen) atoms. The summed E-state index contributed by atoms with van der Waals surface area (Å²) in [6.07, 6.45) is 1.77. The zero-order valence-corrected chi connectivity index (χ0v) is 8.41. The Bertz CT molecular complexity index is 365. The highest BCUT2D eigenvalue weighted by Gasteiger charge is 2.34. The van der Waals surface area contributed by atoms with E-state index in [1.807, 2.05) is 19.9 Å². The van der Waals surface area contributed by atoms with Crippen LogP contribution in [0.2, 0.25) is 0 Å². The molecule has 1 heterocycles. The molecule has 3 nitrogen and oxygen atoms in total. The molecule has 0 radical (unpaired) electrons. The number of hydrogen-bond acceptors (Lipinski definition) is 2. The molecule has 1 aliphatic rings. The average Bonchev–Trinajstić information content (AvgIpc) is 2.43. The Morgan fingerprint density at radius 2 is 2.36 bits per heavy atom. The summed E-state index contributed by atoms with van der Waals surface area (Å²) >= 11 is 0. The molecule has 2 atom stereocenters. The topological polar surface area (TPSA) is 50.4 Å². The van der Waals surface area contributed by atoms with E-state index in [0.29, 0.717) is 0 Å². The number of aliphatic carboxylic acids is 1. The molecule has 76 valence electrons. The van der Waals surface area contributed by atoms with Crippen molar-refractivity contribution in [3.05, 3.63) is 23.2 Å². The van der Waals surface area contributed by atoms with Crippen LogP contribution in [0.1, 0.15) is 36.3 Å². The maximum Gasteiger partial charge on any atom is 0.311 e. The fraction of sp³-hybridized carbons (Fsp3) is 0.545. The SMILES string of the molecule is Cc1cc2c(o1)CCC(C)C2C(=O)O. The van der Waals surface area contributed by atoms with Gasteiger partial charge in [0, 0.05) is 12.0 Å². The largest absolute Gasteiger partial charge is 0.481 e. The minimum atomic E-state index is -0.737. The van der Waals surface area contributed by atoms with Crippen LogP contribution in [0.15, 0.2) is 10.5 Å². The van der Waals surface area contributed by atoms with Crippen molar-refractivity contribution in [1.29, 1.82) is 0 Å². The summed E-state index contributed by atoms with van der Waals surface area (Å²) in [6, 6.07) is 1.86. The first-order valence-electron chi connectivity index (χ1n) is 4.91. The summed E-state index contributed by atoms with van der Waals surface area (Å²) in [5, 5.41) is 9.12. The van der Waals surface area contributed by atoms with Crippen LogP contribution in [0, 0.1) is 12.8 Å². The van der Waals surface area contributed by atoms with Gasteiger partial charge < -0.3 is 9.52 Å². The van der Waals surface area contributed by atoms with Crippen molar-refractivity contribution >= 4 is 5.97 Å². The van der Waals surface area contributed by atoms with Crippen molar-refractivity contribution in [2.24, 2.45) is 5.92 Å². The van der Waals surface area contributed by atoms with E-state index in [2.05, 4.69) is 0 Å². The van der Waals surface area contributed by atoms with E-state index < -0.39 is 5.97 Å². The van der Waals surface area contributed by atoms with E-state index in [1.54, 1.807) is 0 Å². The standard InChI is InChI=1S/C11H14O3/c1-6-3-4-9-8(5-7(2)14-9)10(6)11(12)13/h5-6,10H,3-4H2,1-2H3,(H,12,13). The lowest BCUT2D eigenvalue weighted by molar-refractivity contribution is -0.140. The molecule has 0 spiro atoms. The molecular formula is C11H14O3. The highest BCUT2D eigenvalue weighted by Crippen LogP contribution is 2.37. The van der Waals surface area contributed by atoms with Crippen molar-refractivity contribution < 1.29 is 14.3 Å². The van der Waals surface area contributed by atoms with Crippen molar-refractivity contribution in [2.75, 3.05) is 0 Å². The summed E-state index contributed by atoms with van der Waals surface area (Å²) in [4.78, 5) is 11.1. The van der Waals surface area contributed by atoms with Crippen molar-refractivity contribution in [2.45, 2.75) is 32.6 Å². The smallest absolute Gasteiger partial charge is 0.311 e. The summed E-state index contributed by atoms with van der Waals surface area (Å²) in [5.41, 5.74) is 0.883. The van der Waals surface area contributed by atoms with Crippen LogP contribution in [0.5, 0.6) is 0 Å². The maximum absolute atomic E-state index is 11.1. The van der Waals surface area contributed by atoms with Gasteiger partial charge in [0.25, 0.3) is 0 Å². The maximum atomic E-state index is 11.1. The molecule has 0 amide bonds. The predicted octanol–water partition coefficient (Wildman–Crippen LogP) is 2.34. The van der Waals surface area contributed by atoms with Gasteiger partial charge in [-0.1, -0.05) is 6.92 Å². The first-order valence-corrected chi connectivity index (χ1v) is 4.91. The quantitative estimate of drug-likeness (QED) is 0.746. The van der Waals surface area contributed by atoms with Gasteiger partial charge >= 0.3 is 5.97 Å². The zero-order valence-electron chi connectivity index (χ0n) is 8.41. The number of hydrogen-bond donors (Lipinski definition) is 1. The molecule has 0 saturated heterocycles. The van der Waals surface area contributed by atoms with Gasteiger partial charge in [-0.25, -0.2) is 0 Å². The van der Waals surface area contributed by atoms with Crippen LogP contribution in [0.4, 0.5) is 0 Å². The van der Waals surface area contributed by atoms with Gasteiger partial charge in [0.05, 0.1) is 5.92 Å². The molecular weight excluding hydrogens is 180 g/mol. The first kappa shape index (κ1) is 9.31. The van der Waals surface area contributed by atoms with E-state index in [0.717, 1.165) is 29.9 Å². The zero-order chi connectivity index (χ0) is 10.3. The third-order valence-corrected chi connectivity index (χ3v) is 2.96. The molecule has 0 saturated carbocycles. The van der Waals surface area contributed by atoms with Crippen molar-refractivity contribution in [1.82, 2.24) is 0 Å². The van der Waals surface area contributed by atoms with E-state index >= 15 is 0 Å². The van der Waals surface area contributed by atoms with Crippen LogP contribution in [0.25, 0.3) is 0 Å². The van der Waals surface area contributed by atoms with Gasteiger partial charge in [-0.05, 0) is 25.3 Å². The molecule has 1 aromatic heterocycles. The number of carbonyl (C=O) groups is 1. The second-order valence-corrected chi connectivity index (χ2v) is 4.07. The molecule has 1 N–H and O–H groups in total. The second-order valence-electron chi connectivity index (χ2n) is 4.07. The van der Waals surface area contributed by atoms with Gasteiger partial charge in [0.2, 0.25) is 0 Å². The number of rotatable bonds is 1. The minimum absolute atomic E-state index is 0.206. The number of furan rings is 1. The Labute approximate surface area is 82.7 Å². The van der Waals surface area contributed by atoms with Gasteiger partial charge in [-0.2, -0.15) is 0 Å². The number of carboxylic acid groups (broad SMARTS) is 1. The molecule has 0 aromatic carbocycles. The fourth-order valence-electron chi connectivity index (χ4n) is 2.25. The Morgan fingerprint density at radius 3 is 3.00 bits per heavy atom. The summed E-state index contributed by atoms with van der Waals surface area (Å²) < 4.78 is 5.47. The van der Waals surface area contributed by atoms with E-state index in [9.17, 15) is 4.79 Å². The Kier molecular flexibility index (Phi) is 2.10. The fourth-order valence-corrected chi connectivity index (χ4v) is 2.25. The van der Waals surface area contributed by atoms with E-state index in [1.165, 1.54) is 0 Å². The molecule has 3 heteroatoms. The minimum Gasteiger partial charge on any atom is -0.481 e. The van der Waals surface area contributed by atoms with Crippen LogP contribution in [-0.2, 0) is 11.2 Å². The molecule has 0 aliphatic heterocycles. The summed E-state index contributed by atoms with van der Waals surface area (Å²) in [5.74, 6) is 0.774. The lowest BCUT2D eigenvalue weighted by Gasteiger charge is -2.24. The van der Waals surface area contributed by atoms with Crippen molar-refractivity contribution in [3.63, 3.8) is 0 Å². The van der Waals surface area contributed by atoms with Gasteiger partial charge in [-0.15, -0.1) is 0 Å². The monoisotopic (exact) mass is 194 g/mol. The van der Waals surface area contributed by atoms with Gasteiger partial charge in [0.15, 0.2) is 0 Å². The third-order valence-electron chi connectivity index (χ3n) is 2.96. The number of carboxylic acids is 1. The lowest BCUT2D eigenvalue weighted by atomic mass is 9.79. The number of fused-ring (bicyclic) bond motifs is 1. The van der Waals surface area contributed by atoms with Gasteiger partial charge in [0.1, 0.15) is 11.5 Å². The summed E-state index contributed by atoms with van der Waals surface area (Å²) in [6.45, 7) is 3.85. The van der Waals surface area contributed by atoms with E-state index in [-0.39, 0.29) is 11.8 Å². The Hall–Kier alpha value is -1.25. The predicted molar refractivity (Wildman–Crippen MR) is 51.3 cm³/mol. The third kappa shape index (κ3) is 1.33. The Balaban J connectivity index is 2.45. The molecule has 1 aliphatic carbocycles. The second kappa shape index (κ2) is 3.15.